The molecular formula is C13H16NNaO4S. The summed E-state index contributed by atoms with van der Waals surface area (Å²) in [6.07, 6.45) is 4.94. The fourth-order valence-corrected chi connectivity index (χ4v) is 3.58. The van der Waals surface area contributed by atoms with E-state index in [0.29, 0.717) is 0 Å². The summed E-state index contributed by atoms with van der Waals surface area (Å²) in [7, 11) is -3.57. The molecule has 7 heteroatoms. The number of carboxylic acids is 1. The number of nitrogens with one attached hydrogen (secondary N) is 1. The molecule has 1 aliphatic carbocycles. The summed E-state index contributed by atoms with van der Waals surface area (Å²) in [5.41, 5.74) is -0.0309. The van der Waals surface area contributed by atoms with Crippen LogP contribution in [-0.2, 0) is 10.0 Å². The van der Waals surface area contributed by atoms with Crippen molar-refractivity contribution >= 4 is 16.0 Å². The molecule has 0 atom stereocenters. The van der Waals surface area contributed by atoms with E-state index in [0.717, 1.165) is 32.1 Å². The van der Waals surface area contributed by atoms with Gasteiger partial charge in [0.1, 0.15) is 0 Å². The van der Waals surface area contributed by atoms with Gasteiger partial charge >= 0.3 is 29.6 Å². The molecule has 5 nitrogen and oxygen atoms in total. The second-order valence-corrected chi connectivity index (χ2v) is 6.48. The van der Waals surface area contributed by atoms with Gasteiger partial charge in [0.05, 0.1) is 10.9 Å². The third-order valence-corrected chi connectivity index (χ3v) is 4.86. The van der Waals surface area contributed by atoms with Crippen molar-refractivity contribution in [2.75, 3.05) is 0 Å². The maximum absolute atomic E-state index is 12.1. The average molecular weight is 305 g/mol. The van der Waals surface area contributed by atoms with Gasteiger partial charge in [0.2, 0.25) is 10.0 Å². The van der Waals surface area contributed by atoms with Gasteiger partial charge in [-0.15, -0.1) is 0 Å². The van der Waals surface area contributed by atoms with Crippen molar-refractivity contribution in [3.63, 3.8) is 0 Å². The third-order valence-electron chi connectivity index (χ3n) is 3.33. The van der Waals surface area contributed by atoms with Gasteiger partial charge in [-0.1, -0.05) is 31.4 Å². The minimum Gasteiger partial charge on any atom is -0.545 e. The van der Waals surface area contributed by atoms with Crippen molar-refractivity contribution < 1.29 is 47.9 Å². The fourth-order valence-electron chi connectivity index (χ4n) is 2.28. The van der Waals surface area contributed by atoms with Crippen molar-refractivity contribution in [1.82, 2.24) is 4.72 Å². The molecule has 0 bridgehead atoms. The third kappa shape index (κ3) is 4.56. The molecule has 1 aliphatic rings. The summed E-state index contributed by atoms with van der Waals surface area (Å²) in [5, 5.41) is 10.6. The van der Waals surface area contributed by atoms with Gasteiger partial charge in [-0.2, -0.15) is 0 Å². The summed E-state index contributed by atoms with van der Waals surface area (Å²) >= 11 is 0. The Morgan fingerprint density at radius 2 is 1.65 bits per heavy atom. The smallest absolute Gasteiger partial charge is 0.545 e. The molecule has 2 rings (SSSR count). The van der Waals surface area contributed by atoms with Crippen LogP contribution in [0.25, 0.3) is 0 Å². The molecule has 0 aromatic heterocycles. The van der Waals surface area contributed by atoms with E-state index < -0.39 is 16.0 Å². The molecular weight excluding hydrogens is 289 g/mol. The van der Waals surface area contributed by atoms with E-state index in [1.807, 2.05) is 0 Å². The number of rotatable bonds is 4. The predicted molar refractivity (Wildman–Crippen MR) is 68.0 cm³/mol. The van der Waals surface area contributed by atoms with Crippen molar-refractivity contribution in [1.29, 1.82) is 0 Å². The van der Waals surface area contributed by atoms with Crippen LogP contribution in [0.5, 0.6) is 0 Å². The Bertz CT molecular complexity index is 550. The minimum absolute atomic E-state index is 0. The Balaban J connectivity index is 0.00000200. The Morgan fingerprint density at radius 1 is 1.10 bits per heavy atom. The zero-order valence-electron chi connectivity index (χ0n) is 11.5. The standard InChI is InChI=1S/C13H17NO4S.Na/c15-13(16)10-6-8-12(9-7-10)19(17,18)14-11-4-2-1-3-5-11;/h6-9,11,14H,1-5H2,(H,15,16);/q;+1/p-1. The van der Waals surface area contributed by atoms with E-state index in [4.69, 9.17) is 0 Å². The molecule has 20 heavy (non-hydrogen) atoms. The van der Waals surface area contributed by atoms with Crippen LogP contribution in [0.4, 0.5) is 0 Å². The first-order valence-electron chi connectivity index (χ1n) is 6.33. The van der Waals surface area contributed by atoms with E-state index >= 15 is 0 Å². The van der Waals surface area contributed by atoms with E-state index in [9.17, 15) is 18.3 Å². The number of carboxylic acid groups (broad SMARTS) is 1. The number of sulfonamides is 1. The van der Waals surface area contributed by atoms with E-state index in [2.05, 4.69) is 4.72 Å². The maximum Gasteiger partial charge on any atom is 1.00 e. The quantitative estimate of drug-likeness (QED) is 0.632. The molecule has 1 aromatic rings. The van der Waals surface area contributed by atoms with Crippen LogP contribution in [0.15, 0.2) is 29.2 Å². The molecule has 0 aliphatic heterocycles. The molecule has 0 spiro atoms. The molecule has 0 heterocycles. The molecule has 0 saturated heterocycles. The number of carbonyl (C=O) groups is 1. The second kappa shape index (κ2) is 7.56. The second-order valence-electron chi connectivity index (χ2n) is 4.77. The SMILES string of the molecule is O=C([O-])c1ccc(S(=O)(=O)NC2CCCCC2)cc1.[Na+]. The van der Waals surface area contributed by atoms with Crippen LogP contribution in [0.3, 0.4) is 0 Å². The number of hydrogen-bond donors (Lipinski definition) is 1. The summed E-state index contributed by atoms with van der Waals surface area (Å²) in [6, 6.07) is 5.04. The molecule has 0 amide bonds. The van der Waals surface area contributed by atoms with E-state index in [1.54, 1.807) is 0 Å². The minimum atomic E-state index is -3.57. The van der Waals surface area contributed by atoms with Gasteiger partial charge in [0, 0.05) is 6.04 Å². The first-order chi connectivity index (χ1) is 8.99. The Morgan fingerprint density at radius 3 is 2.15 bits per heavy atom. The largest absolute Gasteiger partial charge is 1.00 e. The maximum atomic E-state index is 12.1. The van der Waals surface area contributed by atoms with Gasteiger partial charge in [0.15, 0.2) is 0 Å². The summed E-state index contributed by atoms with van der Waals surface area (Å²) in [5.74, 6) is -1.32. The molecule has 104 valence electrons. The van der Waals surface area contributed by atoms with Gasteiger partial charge in [-0.3, -0.25) is 0 Å². The predicted octanol–water partition coefficient (Wildman–Crippen LogP) is -2.33. The molecule has 1 N–H and O–H groups in total. The van der Waals surface area contributed by atoms with Crippen LogP contribution in [0.2, 0.25) is 0 Å². The van der Waals surface area contributed by atoms with Crippen molar-refractivity contribution in [3.05, 3.63) is 29.8 Å². The molecule has 0 unspecified atom stereocenters. The average Bonchev–Trinajstić information content (AvgIpc) is 2.39. The van der Waals surface area contributed by atoms with E-state index in [-0.39, 0.29) is 46.1 Å². The van der Waals surface area contributed by atoms with Crippen LogP contribution < -0.4 is 39.4 Å². The normalized spacial score (nSPS) is 16.4. The molecule has 1 saturated carbocycles. The zero-order chi connectivity index (χ0) is 13.9. The van der Waals surface area contributed by atoms with Crippen LogP contribution >= 0.6 is 0 Å². The molecule has 1 aromatic carbocycles. The number of benzene rings is 1. The zero-order valence-corrected chi connectivity index (χ0v) is 14.3. The topological polar surface area (TPSA) is 86.3 Å². The number of carbonyl (C=O) groups excluding carboxylic acids is 1. The first kappa shape index (κ1) is 17.7. The summed E-state index contributed by atoms with van der Waals surface area (Å²) in [6.45, 7) is 0. The number of aromatic carboxylic acids is 1. The fraction of sp³-hybridized carbons (Fsp3) is 0.462. The van der Waals surface area contributed by atoms with Gasteiger partial charge in [0.25, 0.3) is 0 Å². The van der Waals surface area contributed by atoms with E-state index in [1.165, 1.54) is 24.3 Å². The van der Waals surface area contributed by atoms with Crippen molar-refractivity contribution in [2.24, 2.45) is 0 Å². The van der Waals surface area contributed by atoms with Crippen LogP contribution in [0.1, 0.15) is 42.5 Å². The summed E-state index contributed by atoms with van der Waals surface area (Å²) in [4.78, 5) is 10.7. The number of hydrogen-bond acceptors (Lipinski definition) is 4. The monoisotopic (exact) mass is 305 g/mol. The summed E-state index contributed by atoms with van der Waals surface area (Å²) < 4.78 is 26.9. The Kier molecular flexibility index (Phi) is 6.68. The van der Waals surface area contributed by atoms with Gasteiger partial charge in [-0.05, 0) is 30.5 Å². The Labute approximate surface area is 141 Å². The van der Waals surface area contributed by atoms with Gasteiger partial charge < -0.3 is 9.90 Å². The first-order valence-corrected chi connectivity index (χ1v) is 7.81. The van der Waals surface area contributed by atoms with Crippen LogP contribution in [-0.4, -0.2) is 20.4 Å². The van der Waals surface area contributed by atoms with Crippen LogP contribution in [0, 0.1) is 0 Å². The Hall–Kier alpha value is -0.400. The molecule has 1 fully saturated rings. The van der Waals surface area contributed by atoms with Crippen molar-refractivity contribution in [2.45, 2.75) is 43.0 Å². The van der Waals surface area contributed by atoms with Gasteiger partial charge in [-0.25, -0.2) is 13.1 Å². The van der Waals surface area contributed by atoms with Crippen molar-refractivity contribution in [3.8, 4) is 0 Å². The molecule has 0 radical (unpaired) electrons.